The highest BCUT2D eigenvalue weighted by atomic mass is 79.9. The van der Waals surface area contributed by atoms with Gasteiger partial charge in [-0.05, 0) is 56.4 Å². The van der Waals surface area contributed by atoms with E-state index >= 15 is 0 Å². The zero-order chi connectivity index (χ0) is 20.9. The molecule has 0 radical (unpaired) electrons. The minimum Gasteiger partial charge on any atom is -0.449 e. The third kappa shape index (κ3) is 4.53. The van der Waals surface area contributed by atoms with Gasteiger partial charge in [-0.1, -0.05) is 72.0 Å². The molecule has 0 spiro atoms. The van der Waals surface area contributed by atoms with Gasteiger partial charge in [-0.15, -0.1) is 0 Å². The van der Waals surface area contributed by atoms with E-state index in [9.17, 15) is 4.79 Å². The van der Waals surface area contributed by atoms with E-state index in [1.54, 1.807) is 6.07 Å². The van der Waals surface area contributed by atoms with Crippen LogP contribution in [0.3, 0.4) is 0 Å². The maximum Gasteiger partial charge on any atom is 0.407 e. The predicted octanol–water partition coefficient (Wildman–Crippen LogP) is 6.38. The Kier molecular flexibility index (Phi) is 6.42. The highest BCUT2D eigenvalue weighted by molar-refractivity contribution is 9.10. The van der Waals surface area contributed by atoms with E-state index in [-0.39, 0.29) is 5.92 Å². The first-order valence-corrected chi connectivity index (χ1v) is 10.8. The molecule has 150 valence electrons. The van der Waals surface area contributed by atoms with Crippen LogP contribution in [-0.2, 0) is 4.74 Å². The number of hydrogen-bond acceptors (Lipinski definition) is 2. The monoisotopic (exact) mass is 479 g/mol. The second kappa shape index (κ2) is 9.38. The average molecular weight is 481 g/mol. The van der Waals surface area contributed by atoms with E-state index in [2.05, 4.69) is 57.4 Å². The Morgan fingerprint density at radius 1 is 1.03 bits per heavy atom. The molecule has 0 heterocycles. The summed E-state index contributed by atoms with van der Waals surface area (Å²) in [5, 5.41) is 3.39. The van der Waals surface area contributed by atoms with Gasteiger partial charge >= 0.3 is 6.09 Å². The van der Waals surface area contributed by atoms with Gasteiger partial charge in [0, 0.05) is 28.9 Å². The molecule has 3 nitrogen and oxygen atoms in total. The lowest BCUT2D eigenvalue weighted by atomic mass is 9.98. The smallest absolute Gasteiger partial charge is 0.407 e. The fourth-order valence-electron chi connectivity index (χ4n) is 3.61. The molecule has 0 unspecified atom stereocenters. The Balaban J connectivity index is 1.29. The van der Waals surface area contributed by atoms with Crippen molar-refractivity contribution in [2.24, 2.45) is 0 Å². The van der Waals surface area contributed by atoms with Gasteiger partial charge in [-0.25, -0.2) is 4.79 Å². The molecule has 1 amide bonds. The summed E-state index contributed by atoms with van der Waals surface area (Å²) < 4.78 is 6.35. The van der Waals surface area contributed by atoms with Crippen LogP contribution in [0.2, 0.25) is 5.02 Å². The van der Waals surface area contributed by atoms with Gasteiger partial charge in [0.25, 0.3) is 0 Å². The summed E-state index contributed by atoms with van der Waals surface area (Å²) in [4.78, 5) is 12.1. The van der Waals surface area contributed by atoms with Crippen LogP contribution in [0.1, 0.15) is 29.0 Å². The van der Waals surface area contributed by atoms with Crippen LogP contribution in [0, 0.1) is 11.8 Å². The number of alkyl carbamates (subject to hydrolysis) is 1. The van der Waals surface area contributed by atoms with Crippen molar-refractivity contribution in [3.05, 3.63) is 92.9 Å². The van der Waals surface area contributed by atoms with Crippen molar-refractivity contribution in [3.63, 3.8) is 0 Å². The Morgan fingerprint density at radius 3 is 2.37 bits per heavy atom. The Labute approximate surface area is 189 Å². The average Bonchev–Trinajstić information content (AvgIpc) is 3.08. The van der Waals surface area contributed by atoms with Gasteiger partial charge in [-0.3, -0.25) is 0 Å². The van der Waals surface area contributed by atoms with Gasteiger partial charge < -0.3 is 10.1 Å². The third-order valence-corrected chi connectivity index (χ3v) is 6.25. The van der Waals surface area contributed by atoms with Crippen LogP contribution in [0.15, 0.2) is 71.2 Å². The van der Waals surface area contributed by atoms with Crippen molar-refractivity contribution in [1.82, 2.24) is 5.32 Å². The van der Waals surface area contributed by atoms with Crippen molar-refractivity contribution in [1.29, 1.82) is 0 Å². The zero-order valence-electron chi connectivity index (χ0n) is 16.1. The molecule has 3 aromatic rings. The molecule has 3 aromatic carbocycles. The third-order valence-electron chi connectivity index (χ3n) is 5.02. The fourth-order valence-corrected chi connectivity index (χ4v) is 4.04. The van der Waals surface area contributed by atoms with Crippen LogP contribution in [0.25, 0.3) is 11.1 Å². The van der Waals surface area contributed by atoms with Gasteiger partial charge in [0.15, 0.2) is 0 Å². The largest absolute Gasteiger partial charge is 0.449 e. The Hall–Kier alpha value is -2.74. The van der Waals surface area contributed by atoms with E-state index in [0.717, 1.165) is 10.0 Å². The maximum atomic E-state index is 12.1. The molecular weight excluding hydrogens is 462 g/mol. The van der Waals surface area contributed by atoms with Crippen LogP contribution in [0.4, 0.5) is 4.79 Å². The predicted molar refractivity (Wildman–Crippen MR) is 124 cm³/mol. The van der Waals surface area contributed by atoms with E-state index in [0.29, 0.717) is 24.6 Å². The van der Waals surface area contributed by atoms with Crippen molar-refractivity contribution in [2.45, 2.75) is 12.3 Å². The zero-order valence-corrected chi connectivity index (χ0v) is 18.5. The SMILES string of the molecule is O=C(NCCC#Cc1ccc(Br)c(Cl)c1)OCC1c2ccccc2-c2ccccc21. The van der Waals surface area contributed by atoms with Crippen molar-refractivity contribution in [2.75, 3.05) is 13.2 Å². The molecule has 0 saturated heterocycles. The summed E-state index contributed by atoms with van der Waals surface area (Å²) in [6.45, 7) is 0.733. The number of hydrogen-bond donors (Lipinski definition) is 1. The molecule has 0 bridgehead atoms. The van der Waals surface area contributed by atoms with Crippen molar-refractivity contribution in [3.8, 4) is 23.0 Å². The fraction of sp³-hybridized carbons (Fsp3) is 0.160. The van der Waals surface area contributed by atoms with Crippen LogP contribution in [-0.4, -0.2) is 19.2 Å². The van der Waals surface area contributed by atoms with E-state index < -0.39 is 6.09 Å². The Morgan fingerprint density at radius 2 is 1.70 bits per heavy atom. The molecule has 0 aromatic heterocycles. The lowest BCUT2D eigenvalue weighted by molar-refractivity contribution is 0.143. The van der Waals surface area contributed by atoms with Crippen molar-refractivity contribution < 1.29 is 9.53 Å². The summed E-state index contributed by atoms with van der Waals surface area (Å²) >= 11 is 9.41. The molecule has 0 fully saturated rings. The van der Waals surface area contributed by atoms with E-state index in [4.69, 9.17) is 16.3 Å². The number of fused-ring (bicyclic) bond motifs is 3. The van der Waals surface area contributed by atoms with E-state index in [1.807, 2.05) is 36.4 Å². The number of halogens is 2. The first-order chi connectivity index (χ1) is 14.6. The highest BCUT2D eigenvalue weighted by Gasteiger charge is 2.28. The summed E-state index contributed by atoms with van der Waals surface area (Å²) in [6, 6.07) is 22.1. The number of nitrogens with one attached hydrogen (secondary N) is 1. The summed E-state index contributed by atoms with van der Waals surface area (Å²) in [5.41, 5.74) is 5.66. The summed E-state index contributed by atoms with van der Waals surface area (Å²) in [5.74, 6) is 6.13. The number of ether oxygens (including phenoxy) is 1. The molecule has 1 aliphatic carbocycles. The Bertz CT molecular complexity index is 1100. The number of amides is 1. The summed E-state index contributed by atoms with van der Waals surface area (Å²) in [6.07, 6.45) is 0.100. The molecule has 0 atom stereocenters. The molecule has 1 aliphatic rings. The number of rotatable bonds is 4. The standard InChI is InChI=1S/C25H19BrClNO2/c26-23-13-12-17(15-24(23)27)7-5-6-14-28-25(29)30-16-22-20-10-3-1-8-18(20)19-9-2-4-11-21(19)22/h1-4,8-13,15,22H,6,14,16H2,(H,28,29). The number of benzene rings is 3. The van der Waals surface area contributed by atoms with Crippen molar-refractivity contribution >= 4 is 33.6 Å². The van der Waals surface area contributed by atoms with Crippen LogP contribution >= 0.6 is 27.5 Å². The minimum absolute atomic E-state index is 0.0603. The molecule has 0 aliphatic heterocycles. The van der Waals surface area contributed by atoms with Crippen LogP contribution < -0.4 is 5.32 Å². The molecule has 4 rings (SSSR count). The molecule has 1 N–H and O–H groups in total. The van der Waals surface area contributed by atoms with Gasteiger partial charge in [-0.2, -0.15) is 0 Å². The maximum absolute atomic E-state index is 12.1. The molecule has 30 heavy (non-hydrogen) atoms. The molecule has 5 heteroatoms. The topological polar surface area (TPSA) is 38.3 Å². The van der Waals surface area contributed by atoms with E-state index in [1.165, 1.54) is 22.3 Å². The van der Waals surface area contributed by atoms with Crippen LogP contribution in [0.5, 0.6) is 0 Å². The molecule has 0 saturated carbocycles. The second-order valence-electron chi connectivity index (χ2n) is 6.93. The second-order valence-corrected chi connectivity index (χ2v) is 8.19. The van der Waals surface area contributed by atoms with Gasteiger partial charge in [0.05, 0.1) is 5.02 Å². The highest BCUT2D eigenvalue weighted by Crippen LogP contribution is 2.44. The quantitative estimate of drug-likeness (QED) is 0.347. The van der Waals surface area contributed by atoms with Gasteiger partial charge in [0.2, 0.25) is 0 Å². The number of carbonyl (C=O) groups excluding carboxylic acids is 1. The lowest BCUT2D eigenvalue weighted by Gasteiger charge is -2.14. The normalized spacial score (nSPS) is 11.8. The first-order valence-electron chi connectivity index (χ1n) is 9.66. The lowest BCUT2D eigenvalue weighted by Crippen LogP contribution is -2.26. The minimum atomic E-state index is -0.426. The molecular formula is C25H19BrClNO2. The number of carbonyl (C=O) groups is 1. The summed E-state index contributed by atoms with van der Waals surface area (Å²) in [7, 11) is 0. The van der Waals surface area contributed by atoms with Gasteiger partial charge in [0.1, 0.15) is 6.61 Å². The first kappa shape index (κ1) is 20.5.